The van der Waals surface area contributed by atoms with Crippen LogP contribution in [0.3, 0.4) is 0 Å². The van der Waals surface area contributed by atoms with E-state index in [1.807, 2.05) is 24.3 Å². The van der Waals surface area contributed by atoms with Crippen LogP contribution in [-0.2, 0) is 0 Å². The lowest BCUT2D eigenvalue weighted by Crippen LogP contribution is -2.05. The van der Waals surface area contributed by atoms with Crippen molar-refractivity contribution in [3.63, 3.8) is 0 Å². The zero-order valence-corrected chi connectivity index (χ0v) is 43.5. The van der Waals surface area contributed by atoms with Gasteiger partial charge in [-0.15, -0.1) is 0 Å². The van der Waals surface area contributed by atoms with Gasteiger partial charge in [-0.2, -0.15) is 10.5 Å². The van der Waals surface area contributed by atoms with Gasteiger partial charge in [0.05, 0.1) is 78.2 Å². The molecule has 0 aliphatic rings. The van der Waals surface area contributed by atoms with Gasteiger partial charge in [-0.3, -0.25) is 0 Å². The highest BCUT2D eigenvalue weighted by Gasteiger charge is 2.31. The van der Waals surface area contributed by atoms with E-state index in [-0.39, 0.29) is 0 Å². The zero-order chi connectivity index (χ0) is 53.4. The van der Waals surface area contributed by atoms with E-state index in [4.69, 9.17) is 0 Å². The lowest BCUT2D eigenvalue weighted by molar-refractivity contribution is 1.12. The van der Waals surface area contributed by atoms with Crippen molar-refractivity contribution >= 4 is 109 Å². The molecule has 12 aromatic carbocycles. The zero-order valence-electron chi connectivity index (χ0n) is 43.5. The van der Waals surface area contributed by atoms with Gasteiger partial charge in [-0.05, 0) is 108 Å². The average molecular weight is 1030 g/mol. The number of fused-ring (bicyclic) bond motifs is 19. The largest absolute Gasteiger partial charge is 0.309 e. The second-order valence-electron chi connectivity index (χ2n) is 21.0. The molecule has 0 aliphatic heterocycles. The van der Waals surface area contributed by atoms with Crippen LogP contribution in [-0.4, -0.2) is 22.8 Å². The van der Waals surface area contributed by atoms with Gasteiger partial charge in [0.1, 0.15) is 11.6 Å². The van der Waals surface area contributed by atoms with E-state index in [2.05, 4.69) is 272 Å². The molecule has 7 heteroatoms. The number of nitriles is 2. The van der Waals surface area contributed by atoms with Crippen molar-refractivity contribution in [1.82, 2.24) is 22.8 Å². The minimum atomic E-state index is 0.519. The predicted molar refractivity (Wildman–Crippen MR) is 333 cm³/mol. The lowest BCUT2D eigenvalue weighted by atomic mass is 9.98. The first-order valence-electron chi connectivity index (χ1n) is 27.3. The highest BCUT2D eigenvalue weighted by Crippen LogP contribution is 2.52. The normalized spacial score (nSPS) is 11.9. The Kier molecular flexibility index (Phi) is 9.42. The molecule has 0 fully saturated rings. The summed E-state index contributed by atoms with van der Waals surface area (Å²) in [5.74, 6) is 0. The summed E-state index contributed by atoms with van der Waals surface area (Å²) in [5, 5.41) is 33.6. The van der Waals surface area contributed by atoms with Gasteiger partial charge < -0.3 is 22.8 Å². The van der Waals surface area contributed by atoms with Crippen molar-refractivity contribution < 1.29 is 0 Å². The molecule has 0 amide bonds. The van der Waals surface area contributed by atoms with Crippen LogP contribution in [0.15, 0.2) is 261 Å². The minimum absolute atomic E-state index is 0.519. The predicted octanol–water partition coefficient (Wildman–Crippen LogP) is 18.6. The third kappa shape index (κ3) is 6.15. The summed E-state index contributed by atoms with van der Waals surface area (Å²) in [5.41, 5.74) is 18.1. The standard InChI is InChI=1S/C74H43N7/c75-44-46-36-38-47(39-37-46)48-42-65(80-62-34-18-11-27-54(62)67-64(80)41-40-53-52-26-10-15-31-59(52)77(71(53)67)49-20-4-1-5-21-49)58(45-76)66(43-48)81-63-35-19-14-30-57(63)70-73-68(55-28-12-16-32-60(55)78(73)50-22-6-2-7-23-50)72-69(74(70)81)56-29-13-17-33-61(56)79(72)51-24-8-3-9-25-51/h1-43H. The molecular weight excluding hydrogens is 987 g/mol. The van der Waals surface area contributed by atoms with Crippen molar-refractivity contribution in [3.8, 4) is 51.7 Å². The third-order valence-corrected chi connectivity index (χ3v) is 16.9. The molecule has 5 heterocycles. The topological polar surface area (TPSA) is 72.2 Å². The molecule has 0 bridgehead atoms. The molecule has 7 nitrogen and oxygen atoms in total. The molecule has 0 N–H and O–H groups in total. The molecule has 0 radical (unpaired) electrons. The maximum Gasteiger partial charge on any atom is 0.104 e. The van der Waals surface area contributed by atoms with Gasteiger partial charge in [0, 0.05) is 70.9 Å². The fourth-order valence-electron chi connectivity index (χ4n) is 13.7. The smallest absolute Gasteiger partial charge is 0.104 e. The van der Waals surface area contributed by atoms with Crippen molar-refractivity contribution in [2.24, 2.45) is 0 Å². The summed E-state index contributed by atoms with van der Waals surface area (Å²) < 4.78 is 12.0. The summed E-state index contributed by atoms with van der Waals surface area (Å²) in [6.07, 6.45) is 0. The molecule has 0 atom stereocenters. The Bertz CT molecular complexity index is 5510. The summed E-state index contributed by atoms with van der Waals surface area (Å²) >= 11 is 0. The molecule has 5 aromatic heterocycles. The molecule has 81 heavy (non-hydrogen) atoms. The van der Waals surface area contributed by atoms with Crippen LogP contribution in [0, 0.1) is 22.7 Å². The van der Waals surface area contributed by atoms with Crippen molar-refractivity contribution in [2.75, 3.05) is 0 Å². The summed E-state index contributed by atoms with van der Waals surface area (Å²) in [7, 11) is 0. The Labute approximate surface area is 463 Å². The van der Waals surface area contributed by atoms with E-state index >= 15 is 0 Å². The van der Waals surface area contributed by atoms with Crippen molar-refractivity contribution in [3.05, 3.63) is 272 Å². The molecule has 0 saturated heterocycles. The number of hydrogen-bond donors (Lipinski definition) is 0. The Morgan fingerprint density at radius 3 is 1.09 bits per heavy atom. The molecule has 17 aromatic rings. The van der Waals surface area contributed by atoms with E-state index in [1.54, 1.807) is 0 Å². The molecule has 0 saturated carbocycles. The SMILES string of the molecule is N#Cc1ccc(-c2cc(-n3c4ccccc4c4c3ccc3c5ccccc5n(-c5ccccc5)c34)c(C#N)c(-n3c4ccccc4c4c5c(c6ccccc6n5-c5ccccc5)c5c(c6ccccc6n5-c5ccccc5)c43)c2)cc1. The molecule has 17 rings (SSSR count). The quantitative estimate of drug-likeness (QED) is 0.166. The highest BCUT2D eigenvalue weighted by atomic mass is 15.1. The van der Waals surface area contributed by atoms with Crippen LogP contribution in [0.1, 0.15) is 11.1 Å². The maximum absolute atomic E-state index is 12.3. The molecule has 0 unspecified atom stereocenters. The maximum atomic E-state index is 12.3. The molecule has 0 aliphatic carbocycles. The lowest BCUT2D eigenvalue weighted by Gasteiger charge is -2.19. The second kappa shape index (κ2) is 17.1. The van der Waals surface area contributed by atoms with Gasteiger partial charge in [0.15, 0.2) is 0 Å². The van der Waals surface area contributed by atoms with Crippen LogP contribution < -0.4 is 0 Å². The first kappa shape index (κ1) is 44.7. The molecule has 374 valence electrons. The van der Waals surface area contributed by atoms with E-state index in [0.717, 1.165) is 143 Å². The van der Waals surface area contributed by atoms with E-state index < -0.39 is 0 Å². The fraction of sp³-hybridized carbons (Fsp3) is 0. The van der Waals surface area contributed by atoms with E-state index in [0.29, 0.717) is 11.1 Å². The van der Waals surface area contributed by atoms with Gasteiger partial charge in [-0.1, -0.05) is 164 Å². The Morgan fingerprint density at radius 1 is 0.247 bits per heavy atom. The highest BCUT2D eigenvalue weighted by molar-refractivity contribution is 6.40. The number of benzene rings is 12. The summed E-state index contributed by atoms with van der Waals surface area (Å²) in [6, 6.07) is 97.6. The number of hydrogen-bond acceptors (Lipinski definition) is 2. The minimum Gasteiger partial charge on any atom is -0.309 e. The van der Waals surface area contributed by atoms with Crippen LogP contribution in [0.5, 0.6) is 0 Å². The van der Waals surface area contributed by atoms with Gasteiger partial charge >= 0.3 is 0 Å². The number of aromatic nitrogens is 5. The van der Waals surface area contributed by atoms with Crippen LogP contribution in [0.4, 0.5) is 0 Å². The van der Waals surface area contributed by atoms with E-state index in [9.17, 15) is 10.5 Å². The van der Waals surface area contributed by atoms with Crippen LogP contribution in [0.2, 0.25) is 0 Å². The average Bonchev–Trinajstić information content (AvgIpc) is 3.73. The fourth-order valence-corrected chi connectivity index (χ4v) is 13.7. The van der Waals surface area contributed by atoms with Gasteiger partial charge in [-0.25, -0.2) is 0 Å². The summed E-state index contributed by atoms with van der Waals surface area (Å²) in [6.45, 7) is 0. The van der Waals surface area contributed by atoms with Crippen molar-refractivity contribution in [1.29, 1.82) is 10.5 Å². The van der Waals surface area contributed by atoms with Crippen LogP contribution >= 0.6 is 0 Å². The molecule has 0 spiro atoms. The molecular formula is C74H43N7. The first-order valence-corrected chi connectivity index (χ1v) is 27.3. The first-order chi connectivity index (χ1) is 40.2. The second-order valence-corrected chi connectivity index (χ2v) is 21.0. The summed E-state index contributed by atoms with van der Waals surface area (Å²) in [4.78, 5) is 0. The number of rotatable bonds is 6. The Morgan fingerprint density at radius 2 is 0.617 bits per heavy atom. The van der Waals surface area contributed by atoms with E-state index in [1.165, 1.54) is 5.39 Å². The Hall–Kier alpha value is -11.4. The van der Waals surface area contributed by atoms with Crippen LogP contribution in [0.25, 0.3) is 149 Å². The third-order valence-electron chi connectivity index (χ3n) is 16.9. The number of nitrogens with zero attached hydrogens (tertiary/aromatic N) is 7. The van der Waals surface area contributed by atoms with Gasteiger partial charge in [0.2, 0.25) is 0 Å². The van der Waals surface area contributed by atoms with Crippen molar-refractivity contribution in [2.45, 2.75) is 0 Å². The van der Waals surface area contributed by atoms with Gasteiger partial charge in [0.25, 0.3) is 0 Å². The number of para-hydroxylation sites is 8. The monoisotopic (exact) mass is 1030 g/mol. The Balaban J connectivity index is 1.10.